The number of aromatic nitrogens is 2. The average Bonchev–Trinajstić information content (AvgIpc) is 3.09. The summed E-state index contributed by atoms with van der Waals surface area (Å²) in [6.07, 6.45) is 2.27. The zero-order valence-electron chi connectivity index (χ0n) is 10.7. The highest BCUT2D eigenvalue weighted by Gasteiger charge is 2.22. The number of nitrogen functional groups attached to an aromatic ring is 1. The number of nitrogens with one attached hydrogen (secondary N) is 1. The molecule has 0 unspecified atom stereocenters. The third-order valence-electron chi connectivity index (χ3n) is 3.51. The molecule has 0 aliphatic carbocycles. The number of anilines is 1. The van der Waals surface area contributed by atoms with E-state index in [1.54, 1.807) is 16.4 Å². The molecule has 6 nitrogen and oxygen atoms in total. The second-order valence-corrected chi connectivity index (χ2v) is 5.89. The summed E-state index contributed by atoms with van der Waals surface area (Å²) in [7, 11) is 0. The molecular formula is C12H18N4O2S. The summed E-state index contributed by atoms with van der Waals surface area (Å²) < 4.78 is 7.07. The molecule has 7 heteroatoms. The molecule has 3 rings (SSSR count). The molecule has 2 aliphatic rings. The molecule has 0 aromatic carbocycles. The predicted molar refractivity (Wildman–Crippen MR) is 73.6 cm³/mol. The summed E-state index contributed by atoms with van der Waals surface area (Å²) in [6.45, 7) is 1.57. The van der Waals surface area contributed by atoms with E-state index in [-0.39, 0.29) is 18.6 Å². The Morgan fingerprint density at radius 2 is 2.47 bits per heavy atom. The minimum absolute atomic E-state index is 0.0592. The van der Waals surface area contributed by atoms with Crippen molar-refractivity contribution >= 4 is 23.5 Å². The second-order valence-electron chi connectivity index (χ2n) is 4.90. The SMILES string of the molecule is Nc1c2c(nn1CC(=O)NC[C@@H]1CCCO1)CSC2. The van der Waals surface area contributed by atoms with Crippen molar-refractivity contribution in [3.05, 3.63) is 11.3 Å². The molecule has 0 saturated carbocycles. The van der Waals surface area contributed by atoms with Crippen LogP contribution in [0.4, 0.5) is 5.82 Å². The number of hydrogen-bond acceptors (Lipinski definition) is 5. The molecule has 3 N–H and O–H groups in total. The fourth-order valence-corrected chi connectivity index (χ4v) is 3.48. The molecular weight excluding hydrogens is 264 g/mol. The van der Waals surface area contributed by atoms with Crippen molar-refractivity contribution in [1.82, 2.24) is 15.1 Å². The molecule has 1 amide bonds. The zero-order chi connectivity index (χ0) is 13.2. The van der Waals surface area contributed by atoms with Crippen LogP contribution >= 0.6 is 11.8 Å². The van der Waals surface area contributed by atoms with E-state index in [4.69, 9.17) is 10.5 Å². The van der Waals surface area contributed by atoms with Gasteiger partial charge in [0.15, 0.2) is 0 Å². The molecule has 2 aliphatic heterocycles. The molecule has 1 atom stereocenters. The summed E-state index contributed by atoms with van der Waals surface area (Å²) in [4.78, 5) is 11.9. The predicted octanol–water partition coefficient (Wildman–Crippen LogP) is 0.507. The third kappa shape index (κ3) is 2.71. The number of fused-ring (bicyclic) bond motifs is 1. The Kier molecular flexibility index (Phi) is 3.65. The van der Waals surface area contributed by atoms with Crippen LogP contribution in [0.15, 0.2) is 0 Å². The maximum atomic E-state index is 11.9. The van der Waals surface area contributed by atoms with Gasteiger partial charge >= 0.3 is 0 Å². The minimum Gasteiger partial charge on any atom is -0.384 e. The monoisotopic (exact) mass is 282 g/mol. The van der Waals surface area contributed by atoms with Crippen molar-refractivity contribution in [2.75, 3.05) is 18.9 Å². The van der Waals surface area contributed by atoms with E-state index in [9.17, 15) is 4.79 Å². The van der Waals surface area contributed by atoms with Gasteiger partial charge in [-0.1, -0.05) is 0 Å². The van der Waals surface area contributed by atoms with Gasteiger partial charge < -0.3 is 15.8 Å². The van der Waals surface area contributed by atoms with Crippen LogP contribution in [0.3, 0.4) is 0 Å². The Labute approximate surface area is 116 Å². The Hall–Kier alpha value is -1.21. The van der Waals surface area contributed by atoms with Crippen molar-refractivity contribution in [3.8, 4) is 0 Å². The summed E-state index contributed by atoms with van der Waals surface area (Å²) in [5.74, 6) is 2.37. The van der Waals surface area contributed by atoms with Crippen molar-refractivity contribution in [3.63, 3.8) is 0 Å². The maximum Gasteiger partial charge on any atom is 0.241 e. The van der Waals surface area contributed by atoms with Gasteiger partial charge in [-0.25, -0.2) is 4.68 Å². The Morgan fingerprint density at radius 3 is 3.21 bits per heavy atom. The summed E-state index contributed by atoms with van der Waals surface area (Å²) >= 11 is 1.81. The van der Waals surface area contributed by atoms with Crippen LogP contribution in [0.5, 0.6) is 0 Å². The first-order valence-electron chi connectivity index (χ1n) is 6.54. The van der Waals surface area contributed by atoms with Gasteiger partial charge in [-0.2, -0.15) is 16.9 Å². The van der Waals surface area contributed by atoms with E-state index in [1.807, 2.05) is 0 Å². The molecule has 1 aromatic heterocycles. The lowest BCUT2D eigenvalue weighted by molar-refractivity contribution is -0.122. The van der Waals surface area contributed by atoms with E-state index in [1.165, 1.54) is 0 Å². The molecule has 0 bridgehead atoms. The molecule has 104 valence electrons. The van der Waals surface area contributed by atoms with Crippen LogP contribution in [0, 0.1) is 0 Å². The molecule has 0 spiro atoms. The minimum atomic E-state index is -0.0592. The van der Waals surface area contributed by atoms with Crippen LogP contribution in [-0.2, 0) is 27.6 Å². The van der Waals surface area contributed by atoms with Gasteiger partial charge in [-0.3, -0.25) is 4.79 Å². The molecule has 0 radical (unpaired) electrons. The van der Waals surface area contributed by atoms with Crippen LogP contribution in [0.1, 0.15) is 24.1 Å². The van der Waals surface area contributed by atoms with Gasteiger partial charge in [0.2, 0.25) is 5.91 Å². The average molecular weight is 282 g/mol. The fraction of sp³-hybridized carbons (Fsp3) is 0.667. The fourth-order valence-electron chi connectivity index (χ4n) is 2.43. The number of ether oxygens (including phenoxy) is 1. The number of thioether (sulfide) groups is 1. The smallest absolute Gasteiger partial charge is 0.241 e. The lowest BCUT2D eigenvalue weighted by Crippen LogP contribution is -2.34. The molecule has 1 aromatic rings. The van der Waals surface area contributed by atoms with Crippen LogP contribution in [0.2, 0.25) is 0 Å². The summed E-state index contributed by atoms with van der Waals surface area (Å²) in [6, 6.07) is 0. The van der Waals surface area contributed by atoms with Gasteiger partial charge in [-0.05, 0) is 12.8 Å². The van der Waals surface area contributed by atoms with Gasteiger partial charge in [0.05, 0.1) is 11.8 Å². The Balaban J connectivity index is 1.54. The highest BCUT2D eigenvalue weighted by atomic mass is 32.2. The van der Waals surface area contributed by atoms with Crippen LogP contribution in [-0.4, -0.2) is 34.9 Å². The first kappa shape index (κ1) is 12.8. The van der Waals surface area contributed by atoms with Gasteiger partial charge in [0.25, 0.3) is 0 Å². The third-order valence-corrected chi connectivity index (χ3v) is 4.48. The molecule has 19 heavy (non-hydrogen) atoms. The van der Waals surface area contributed by atoms with E-state index in [0.29, 0.717) is 12.4 Å². The Morgan fingerprint density at radius 1 is 1.58 bits per heavy atom. The van der Waals surface area contributed by atoms with E-state index in [2.05, 4.69) is 10.4 Å². The highest BCUT2D eigenvalue weighted by Crippen LogP contribution is 2.32. The number of hydrogen-bond donors (Lipinski definition) is 2. The van der Waals surface area contributed by atoms with E-state index < -0.39 is 0 Å². The quantitative estimate of drug-likeness (QED) is 0.840. The van der Waals surface area contributed by atoms with Crippen molar-refractivity contribution in [2.24, 2.45) is 0 Å². The molecule has 3 heterocycles. The summed E-state index contributed by atoms with van der Waals surface area (Å²) in [5, 5.41) is 7.27. The lowest BCUT2D eigenvalue weighted by atomic mass is 10.2. The number of carbonyl (C=O) groups excluding carboxylic acids is 1. The molecule has 1 saturated heterocycles. The van der Waals surface area contributed by atoms with Gasteiger partial charge in [0.1, 0.15) is 12.4 Å². The number of nitrogens with two attached hydrogens (primary N) is 1. The Bertz CT molecular complexity index is 482. The van der Waals surface area contributed by atoms with Gasteiger partial charge in [-0.15, -0.1) is 0 Å². The highest BCUT2D eigenvalue weighted by molar-refractivity contribution is 7.98. The maximum absolute atomic E-state index is 11.9. The van der Waals surface area contributed by atoms with Crippen molar-refractivity contribution in [1.29, 1.82) is 0 Å². The standard InChI is InChI=1S/C12H18N4O2S/c13-12-9-6-19-7-10(9)15-16(12)5-11(17)14-4-8-2-1-3-18-8/h8H,1-7,13H2,(H,14,17)/t8-/m0/s1. The topological polar surface area (TPSA) is 82.2 Å². The first-order valence-corrected chi connectivity index (χ1v) is 7.69. The van der Waals surface area contributed by atoms with E-state index >= 15 is 0 Å². The number of rotatable bonds is 4. The number of carbonyl (C=O) groups is 1. The summed E-state index contributed by atoms with van der Waals surface area (Å²) in [5.41, 5.74) is 8.12. The number of amides is 1. The molecule has 1 fully saturated rings. The lowest BCUT2D eigenvalue weighted by Gasteiger charge is -2.11. The normalized spacial score (nSPS) is 21.6. The van der Waals surface area contributed by atoms with Crippen molar-refractivity contribution in [2.45, 2.75) is 37.0 Å². The van der Waals surface area contributed by atoms with Gasteiger partial charge in [0, 0.05) is 30.2 Å². The largest absolute Gasteiger partial charge is 0.384 e. The first-order chi connectivity index (χ1) is 9.24. The second kappa shape index (κ2) is 5.42. The van der Waals surface area contributed by atoms with Crippen LogP contribution < -0.4 is 11.1 Å². The van der Waals surface area contributed by atoms with Crippen LogP contribution in [0.25, 0.3) is 0 Å². The zero-order valence-corrected chi connectivity index (χ0v) is 11.5. The number of nitrogens with zero attached hydrogens (tertiary/aromatic N) is 2. The van der Waals surface area contributed by atoms with E-state index in [0.717, 1.165) is 42.2 Å². The van der Waals surface area contributed by atoms with Crippen molar-refractivity contribution < 1.29 is 9.53 Å².